The molecule has 0 atom stereocenters. The van der Waals surface area contributed by atoms with Gasteiger partial charge in [0.2, 0.25) is 0 Å². The van der Waals surface area contributed by atoms with Gasteiger partial charge in [0.05, 0.1) is 0 Å². The van der Waals surface area contributed by atoms with Crippen LogP contribution in [-0.4, -0.2) is 25.8 Å². The Morgan fingerprint density at radius 2 is 1.92 bits per heavy atom. The summed E-state index contributed by atoms with van der Waals surface area (Å²) in [7, 11) is 1.62. The molecule has 128 valence electrons. The summed E-state index contributed by atoms with van der Waals surface area (Å²) < 4.78 is 10.0. The Bertz CT molecular complexity index is 794. The van der Waals surface area contributed by atoms with Crippen molar-refractivity contribution in [2.24, 2.45) is 0 Å². The van der Waals surface area contributed by atoms with Gasteiger partial charge in [0.25, 0.3) is 0 Å². The molecule has 6 heteroatoms. The Morgan fingerprint density at radius 3 is 2.60 bits per heavy atom. The van der Waals surface area contributed by atoms with Gasteiger partial charge in [-0.15, -0.1) is 6.42 Å². The summed E-state index contributed by atoms with van der Waals surface area (Å²) in [6, 6.07) is 13.9. The van der Waals surface area contributed by atoms with Gasteiger partial charge in [-0.05, 0) is 31.2 Å². The van der Waals surface area contributed by atoms with Crippen molar-refractivity contribution in [1.82, 2.24) is 0 Å². The van der Waals surface area contributed by atoms with Crippen molar-refractivity contribution < 1.29 is 19.1 Å². The van der Waals surface area contributed by atoms with E-state index in [-0.39, 0.29) is 6.61 Å². The summed E-state index contributed by atoms with van der Waals surface area (Å²) in [4.78, 5) is 25.1. The number of anilines is 2. The first kappa shape index (κ1) is 17.9. The predicted octanol–water partition coefficient (Wildman–Crippen LogP) is 3.81. The summed E-state index contributed by atoms with van der Waals surface area (Å²) >= 11 is 0. The molecule has 0 saturated heterocycles. The summed E-state index contributed by atoms with van der Waals surface area (Å²) in [5.41, 5.74) is 2.23. The number of ether oxygens (including phenoxy) is 2. The van der Waals surface area contributed by atoms with E-state index in [2.05, 4.69) is 11.2 Å². The Labute approximate surface area is 146 Å². The first-order chi connectivity index (χ1) is 12.0. The molecule has 0 bridgehead atoms. The van der Waals surface area contributed by atoms with Gasteiger partial charge in [-0.25, -0.2) is 9.59 Å². The van der Waals surface area contributed by atoms with E-state index in [0.717, 1.165) is 5.56 Å². The molecule has 0 aliphatic rings. The van der Waals surface area contributed by atoms with Crippen LogP contribution in [0.25, 0.3) is 0 Å². The maximum atomic E-state index is 12.2. The van der Waals surface area contributed by atoms with Gasteiger partial charge in [0.15, 0.2) is 6.61 Å². The number of hydrogen-bond acceptors (Lipinski definition) is 4. The number of carbonyl (C=O) groups excluding carboxylic acids is 2. The van der Waals surface area contributed by atoms with Crippen LogP contribution in [0.3, 0.4) is 0 Å². The smallest absolute Gasteiger partial charge is 0.419 e. The van der Waals surface area contributed by atoms with Crippen LogP contribution in [0.4, 0.5) is 21.0 Å². The molecule has 2 aromatic carbocycles. The second-order valence-electron chi connectivity index (χ2n) is 5.20. The Kier molecular flexibility index (Phi) is 6.02. The van der Waals surface area contributed by atoms with Crippen LogP contribution < -0.4 is 15.0 Å². The molecule has 0 aromatic heterocycles. The largest absolute Gasteiger partial charge is 0.436 e. The average molecular weight is 338 g/mol. The van der Waals surface area contributed by atoms with Crippen molar-refractivity contribution >= 4 is 23.6 Å². The Morgan fingerprint density at radius 1 is 1.20 bits per heavy atom. The fourth-order valence-corrected chi connectivity index (χ4v) is 1.94. The molecule has 0 aliphatic heterocycles. The second-order valence-corrected chi connectivity index (χ2v) is 5.20. The van der Waals surface area contributed by atoms with Gasteiger partial charge in [-0.1, -0.05) is 29.7 Å². The highest BCUT2D eigenvalue weighted by Crippen LogP contribution is 2.20. The molecule has 2 rings (SSSR count). The topological polar surface area (TPSA) is 67.9 Å². The maximum Gasteiger partial charge on any atom is 0.419 e. The van der Waals surface area contributed by atoms with E-state index in [9.17, 15) is 9.59 Å². The van der Waals surface area contributed by atoms with Crippen molar-refractivity contribution in [2.45, 2.75) is 6.92 Å². The first-order valence-electron chi connectivity index (χ1n) is 7.49. The predicted molar refractivity (Wildman–Crippen MR) is 95.9 cm³/mol. The minimum absolute atomic E-state index is 0.123. The molecule has 2 amide bonds. The van der Waals surface area contributed by atoms with Gasteiger partial charge in [0.1, 0.15) is 5.75 Å². The van der Waals surface area contributed by atoms with Crippen molar-refractivity contribution in [1.29, 1.82) is 0 Å². The number of rotatable bonds is 4. The lowest BCUT2D eigenvalue weighted by molar-refractivity contribution is 0.176. The summed E-state index contributed by atoms with van der Waals surface area (Å²) in [5, 5.41) is 2.50. The van der Waals surface area contributed by atoms with E-state index in [4.69, 9.17) is 15.9 Å². The third-order valence-corrected chi connectivity index (χ3v) is 3.27. The van der Waals surface area contributed by atoms with Crippen LogP contribution >= 0.6 is 0 Å². The lowest BCUT2D eigenvalue weighted by Gasteiger charge is -2.17. The highest BCUT2D eigenvalue weighted by atomic mass is 16.6. The molecular weight excluding hydrogens is 320 g/mol. The average Bonchev–Trinajstić information content (AvgIpc) is 2.60. The van der Waals surface area contributed by atoms with Crippen LogP contribution in [0.2, 0.25) is 0 Å². The zero-order valence-corrected chi connectivity index (χ0v) is 14.0. The molecule has 25 heavy (non-hydrogen) atoms. The standard InChI is InChI=1S/C19H18N2O4/c1-4-12-24-18(22)20-15-6-5-7-17(13-15)25-19(23)21(3)16-10-8-14(2)9-11-16/h1,5-11,13H,12H2,2-3H3,(H,20,22). The molecule has 0 aliphatic carbocycles. The number of terminal acetylenes is 1. The number of hydrogen-bond donors (Lipinski definition) is 1. The van der Waals surface area contributed by atoms with Crippen molar-refractivity contribution in [3.63, 3.8) is 0 Å². The van der Waals surface area contributed by atoms with Crippen molar-refractivity contribution in [2.75, 3.05) is 23.9 Å². The summed E-state index contributed by atoms with van der Waals surface area (Å²) in [5.74, 6) is 2.49. The first-order valence-corrected chi connectivity index (χ1v) is 7.49. The third-order valence-electron chi connectivity index (χ3n) is 3.27. The van der Waals surface area contributed by atoms with Crippen LogP contribution in [0, 0.1) is 19.3 Å². The summed E-state index contributed by atoms with van der Waals surface area (Å²) in [6.07, 6.45) is 3.79. The lowest BCUT2D eigenvalue weighted by Crippen LogP contribution is -2.29. The SMILES string of the molecule is C#CCOC(=O)Nc1cccc(OC(=O)N(C)c2ccc(C)cc2)c1. The zero-order valence-electron chi connectivity index (χ0n) is 14.0. The number of nitrogens with zero attached hydrogens (tertiary/aromatic N) is 1. The van der Waals surface area contributed by atoms with Crippen LogP contribution in [0.5, 0.6) is 5.75 Å². The molecule has 0 spiro atoms. The highest BCUT2D eigenvalue weighted by Gasteiger charge is 2.14. The molecule has 0 unspecified atom stereocenters. The Balaban J connectivity index is 2.01. The van der Waals surface area contributed by atoms with Crippen LogP contribution in [0.1, 0.15) is 5.56 Å². The summed E-state index contributed by atoms with van der Waals surface area (Å²) in [6.45, 7) is 1.84. The second kappa shape index (κ2) is 8.41. The zero-order chi connectivity index (χ0) is 18.2. The molecule has 2 aromatic rings. The highest BCUT2D eigenvalue weighted by molar-refractivity contribution is 5.89. The fourth-order valence-electron chi connectivity index (χ4n) is 1.94. The quantitative estimate of drug-likeness (QED) is 0.861. The maximum absolute atomic E-state index is 12.2. The van der Waals surface area contributed by atoms with E-state index in [1.165, 1.54) is 11.0 Å². The number of nitrogens with one attached hydrogen (secondary N) is 1. The molecule has 1 N–H and O–H groups in total. The molecule has 6 nitrogen and oxygen atoms in total. The number of benzene rings is 2. The monoisotopic (exact) mass is 338 g/mol. The molecule has 0 heterocycles. The van der Waals surface area contributed by atoms with Gasteiger partial charge in [-0.2, -0.15) is 0 Å². The van der Waals surface area contributed by atoms with E-state index < -0.39 is 12.2 Å². The Hall–Kier alpha value is -3.46. The molecular formula is C19H18N2O4. The van der Waals surface area contributed by atoms with Gasteiger partial charge in [-0.3, -0.25) is 10.2 Å². The third kappa shape index (κ3) is 5.29. The van der Waals surface area contributed by atoms with Gasteiger partial charge >= 0.3 is 12.2 Å². The number of amides is 2. The normalized spacial score (nSPS) is 9.64. The van der Waals surface area contributed by atoms with Crippen molar-refractivity contribution in [3.8, 4) is 18.1 Å². The number of carbonyl (C=O) groups is 2. The van der Waals surface area contributed by atoms with E-state index in [0.29, 0.717) is 17.1 Å². The molecule has 0 radical (unpaired) electrons. The minimum Gasteiger partial charge on any atom is -0.436 e. The number of aryl methyl sites for hydroxylation is 1. The van der Waals surface area contributed by atoms with Gasteiger partial charge < -0.3 is 9.47 Å². The molecule has 0 saturated carbocycles. The van der Waals surface area contributed by atoms with E-state index in [1.807, 2.05) is 31.2 Å². The fraction of sp³-hybridized carbons (Fsp3) is 0.158. The van der Waals surface area contributed by atoms with Crippen LogP contribution in [0.15, 0.2) is 48.5 Å². The minimum atomic E-state index is -0.682. The van der Waals surface area contributed by atoms with E-state index in [1.54, 1.807) is 25.2 Å². The van der Waals surface area contributed by atoms with Gasteiger partial charge in [0, 0.05) is 24.5 Å². The van der Waals surface area contributed by atoms with Crippen molar-refractivity contribution in [3.05, 3.63) is 54.1 Å². The molecule has 0 fully saturated rings. The lowest BCUT2D eigenvalue weighted by atomic mass is 10.2. The van der Waals surface area contributed by atoms with E-state index >= 15 is 0 Å². The van der Waals surface area contributed by atoms with Crippen LogP contribution in [-0.2, 0) is 4.74 Å².